The molecule has 0 aromatic carbocycles. The third-order valence-electron chi connectivity index (χ3n) is 1.85. The Balaban J connectivity index is 0.000000791. The lowest BCUT2D eigenvalue weighted by Crippen LogP contribution is -1.96. The van der Waals surface area contributed by atoms with Gasteiger partial charge in [-0.15, -0.1) is 0 Å². The number of rotatable bonds is 2. The lowest BCUT2D eigenvalue weighted by Gasteiger charge is -2.10. The van der Waals surface area contributed by atoms with Crippen molar-refractivity contribution in [1.82, 2.24) is 4.98 Å². The van der Waals surface area contributed by atoms with Gasteiger partial charge < -0.3 is 0 Å². The molecule has 0 aliphatic carbocycles. The molecule has 1 rings (SSSR count). The van der Waals surface area contributed by atoms with Crippen molar-refractivity contribution >= 4 is 5.57 Å². The molecule has 0 aliphatic rings. The van der Waals surface area contributed by atoms with Crippen LogP contribution in [0.25, 0.3) is 5.57 Å². The fourth-order valence-corrected chi connectivity index (χ4v) is 1.24. The van der Waals surface area contributed by atoms with E-state index in [1.807, 2.05) is 33.0 Å². The molecule has 0 unspecified atom stereocenters. The average molecular weight is 191 g/mol. The molecule has 1 aromatic heterocycles. The second kappa shape index (κ2) is 6.36. The Labute approximate surface area is 87.9 Å². The van der Waals surface area contributed by atoms with E-state index in [0.717, 1.165) is 11.3 Å². The minimum Gasteiger partial charge on any atom is -0.260 e. The van der Waals surface area contributed by atoms with Gasteiger partial charge in [-0.2, -0.15) is 0 Å². The summed E-state index contributed by atoms with van der Waals surface area (Å²) in [6.07, 6.45) is 1.84. The molecule has 0 amide bonds. The molecule has 0 atom stereocenters. The zero-order chi connectivity index (χ0) is 11.1. The Morgan fingerprint density at radius 2 is 1.93 bits per heavy atom. The SMILES string of the molecule is C=C(C)c1cccnc1C(C)C.CC. The topological polar surface area (TPSA) is 12.9 Å². The monoisotopic (exact) mass is 191 g/mol. The summed E-state index contributed by atoms with van der Waals surface area (Å²) in [5, 5.41) is 0. The van der Waals surface area contributed by atoms with E-state index >= 15 is 0 Å². The van der Waals surface area contributed by atoms with Gasteiger partial charge in [0.1, 0.15) is 0 Å². The van der Waals surface area contributed by atoms with Crippen LogP contribution in [0.5, 0.6) is 0 Å². The summed E-state index contributed by atoms with van der Waals surface area (Å²) in [5.74, 6) is 0.470. The highest BCUT2D eigenvalue weighted by atomic mass is 14.7. The number of hydrogen-bond donors (Lipinski definition) is 0. The summed E-state index contributed by atoms with van der Waals surface area (Å²) in [7, 11) is 0. The van der Waals surface area contributed by atoms with Crippen molar-refractivity contribution in [3.63, 3.8) is 0 Å². The van der Waals surface area contributed by atoms with Gasteiger partial charge >= 0.3 is 0 Å². The van der Waals surface area contributed by atoms with Crippen molar-refractivity contribution < 1.29 is 0 Å². The predicted molar refractivity (Wildman–Crippen MR) is 64.4 cm³/mol. The first-order chi connectivity index (χ1) is 6.63. The van der Waals surface area contributed by atoms with E-state index in [1.165, 1.54) is 5.56 Å². The van der Waals surface area contributed by atoms with E-state index in [9.17, 15) is 0 Å². The van der Waals surface area contributed by atoms with Gasteiger partial charge in [0.25, 0.3) is 0 Å². The minimum absolute atomic E-state index is 0.470. The van der Waals surface area contributed by atoms with E-state index in [1.54, 1.807) is 0 Å². The molecule has 1 heteroatoms. The van der Waals surface area contributed by atoms with Crippen LogP contribution in [0.3, 0.4) is 0 Å². The van der Waals surface area contributed by atoms with Crippen molar-refractivity contribution in [2.45, 2.75) is 40.5 Å². The quantitative estimate of drug-likeness (QED) is 0.680. The van der Waals surface area contributed by atoms with Crippen LogP contribution in [-0.2, 0) is 0 Å². The highest BCUT2D eigenvalue weighted by Crippen LogP contribution is 2.21. The lowest BCUT2D eigenvalue weighted by atomic mass is 10.00. The Kier molecular flexibility index (Phi) is 5.86. The molecule has 14 heavy (non-hydrogen) atoms. The maximum Gasteiger partial charge on any atom is 0.0503 e. The van der Waals surface area contributed by atoms with Crippen LogP contribution < -0.4 is 0 Å². The maximum atomic E-state index is 4.34. The second-order valence-electron chi connectivity index (χ2n) is 3.37. The zero-order valence-electron chi connectivity index (χ0n) is 9.96. The predicted octanol–water partition coefficient (Wildman–Crippen LogP) is 4.26. The molecular weight excluding hydrogens is 170 g/mol. The molecule has 0 saturated carbocycles. The van der Waals surface area contributed by atoms with Crippen LogP contribution in [0.4, 0.5) is 0 Å². The molecule has 0 fully saturated rings. The first-order valence-corrected chi connectivity index (χ1v) is 5.23. The number of allylic oxidation sites excluding steroid dienone is 1. The summed E-state index contributed by atoms with van der Waals surface area (Å²) in [5.41, 5.74) is 3.42. The van der Waals surface area contributed by atoms with E-state index in [-0.39, 0.29) is 0 Å². The molecule has 0 bridgehead atoms. The molecule has 0 aliphatic heterocycles. The highest BCUT2D eigenvalue weighted by molar-refractivity contribution is 5.63. The van der Waals surface area contributed by atoms with E-state index < -0.39 is 0 Å². The molecule has 1 aromatic rings. The number of pyridine rings is 1. The molecular formula is C13H21N. The Morgan fingerprint density at radius 3 is 2.29 bits per heavy atom. The molecule has 78 valence electrons. The summed E-state index contributed by atoms with van der Waals surface area (Å²) in [6.45, 7) is 14.2. The van der Waals surface area contributed by atoms with Gasteiger partial charge in [-0.1, -0.05) is 40.3 Å². The largest absolute Gasteiger partial charge is 0.260 e. The van der Waals surface area contributed by atoms with Crippen molar-refractivity contribution in [2.75, 3.05) is 0 Å². The molecule has 1 heterocycles. The minimum atomic E-state index is 0.470. The van der Waals surface area contributed by atoms with Crippen molar-refractivity contribution in [3.8, 4) is 0 Å². The van der Waals surface area contributed by atoms with Crippen LogP contribution in [0.1, 0.15) is 51.8 Å². The summed E-state index contributed by atoms with van der Waals surface area (Å²) < 4.78 is 0. The Bertz CT molecular complexity index is 287. The molecule has 0 spiro atoms. The smallest absolute Gasteiger partial charge is 0.0503 e. The molecule has 0 N–H and O–H groups in total. The fraction of sp³-hybridized carbons (Fsp3) is 0.462. The van der Waals surface area contributed by atoms with E-state index in [4.69, 9.17) is 0 Å². The summed E-state index contributed by atoms with van der Waals surface area (Å²) in [4.78, 5) is 4.34. The molecule has 0 radical (unpaired) electrons. The van der Waals surface area contributed by atoms with Crippen LogP contribution in [0.15, 0.2) is 24.9 Å². The Hall–Kier alpha value is -1.11. The molecule has 1 nitrogen and oxygen atoms in total. The van der Waals surface area contributed by atoms with Gasteiger partial charge in [-0.25, -0.2) is 0 Å². The number of hydrogen-bond acceptors (Lipinski definition) is 1. The second-order valence-corrected chi connectivity index (χ2v) is 3.37. The maximum absolute atomic E-state index is 4.34. The summed E-state index contributed by atoms with van der Waals surface area (Å²) in [6, 6.07) is 4.03. The first-order valence-electron chi connectivity index (χ1n) is 5.23. The van der Waals surface area contributed by atoms with E-state index in [2.05, 4.69) is 31.5 Å². The van der Waals surface area contributed by atoms with Crippen LogP contribution in [0, 0.1) is 0 Å². The van der Waals surface area contributed by atoms with Gasteiger partial charge in [0, 0.05) is 6.20 Å². The summed E-state index contributed by atoms with van der Waals surface area (Å²) >= 11 is 0. The third-order valence-corrected chi connectivity index (χ3v) is 1.85. The van der Waals surface area contributed by atoms with Gasteiger partial charge in [-0.05, 0) is 30.0 Å². The Morgan fingerprint density at radius 1 is 1.36 bits per heavy atom. The van der Waals surface area contributed by atoms with Crippen molar-refractivity contribution in [1.29, 1.82) is 0 Å². The normalized spacial score (nSPS) is 9.29. The van der Waals surface area contributed by atoms with Gasteiger partial charge in [0.2, 0.25) is 0 Å². The highest BCUT2D eigenvalue weighted by Gasteiger charge is 2.06. The molecule has 0 saturated heterocycles. The van der Waals surface area contributed by atoms with E-state index in [0.29, 0.717) is 5.92 Å². The average Bonchev–Trinajstić information content (AvgIpc) is 2.20. The fourth-order valence-electron chi connectivity index (χ4n) is 1.24. The van der Waals surface area contributed by atoms with Crippen LogP contribution in [0.2, 0.25) is 0 Å². The van der Waals surface area contributed by atoms with Gasteiger partial charge in [-0.3, -0.25) is 4.98 Å². The van der Waals surface area contributed by atoms with Crippen LogP contribution in [-0.4, -0.2) is 4.98 Å². The van der Waals surface area contributed by atoms with Crippen molar-refractivity contribution in [2.24, 2.45) is 0 Å². The first kappa shape index (κ1) is 12.9. The van der Waals surface area contributed by atoms with Gasteiger partial charge in [0.15, 0.2) is 0 Å². The number of aromatic nitrogens is 1. The third kappa shape index (κ3) is 3.33. The standard InChI is InChI=1S/C11H15N.C2H6/c1-8(2)10-6-5-7-12-11(10)9(3)4;1-2/h5-7,9H,1H2,2-4H3;1-2H3. The lowest BCUT2D eigenvalue weighted by molar-refractivity contribution is 0.818. The van der Waals surface area contributed by atoms with Gasteiger partial charge in [0.05, 0.1) is 5.69 Å². The van der Waals surface area contributed by atoms with Crippen LogP contribution >= 0.6 is 0 Å². The zero-order valence-corrected chi connectivity index (χ0v) is 9.96. The van der Waals surface area contributed by atoms with Crippen molar-refractivity contribution in [3.05, 3.63) is 36.2 Å². The number of nitrogens with zero attached hydrogens (tertiary/aromatic N) is 1.